The number of halogens is 1. The number of carbonyl (C=O) groups excluding carboxylic acids is 3. The molecule has 3 aromatic carbocycles. The van der Waals surface area contributed by atoms with Crippen LogP contribution in [0.2, 0.25) is 5.02 Å². The molecule has 0 aliphatic carbocycles. The van der Waals surface area contributed by atoms with E-state index >= 15 is 0 Å². The number of nitrogens with one attached hydrogen (secondary N) is 1. The minimum absolute atomic E-state index is 0.186. The van der Waals surface area contributed by atoms with Crippen LogP contribution < -0.4 is 5.32 Å². The van der Waals surface area contributed by atoms with Gasteiger partial charge in [-0.05, 0) is 43.5 Å². The zero-order chi connectivity index (χ0) is 31.4. The standard InChI is InChI=1S/C33H32ClN3O7/c1-5-42-30(38)33(18-37(19-33)32(40)41-4)25-16-14-23(15-17-25)22-10-12-24(13-11-22)29-28(20(2)36-44-29)35-31(39)43-21(3)26-8-6-7-9-27(26)34/h6-17,21H,5,18-19H2,1-4H3,(H,35,39). The van der Waals surface area contributed by atoms with Gasteiger partial charge in [0.15, 0.2) is 5.76 Å². The summed E-state index contributed by atoms with van der Waals surface area (Å²) in [6.07, 6.45) is -1.71. The van der Waals surface area contributed by atoms with Crippen molar-refractivity contribution in [1.29, 1.82) is 0 Å². The summed E-state index contributed by atoms with van der Waals surface area (Å²) < 4.78 is 21.3. The number of nitrogens with zero attached hydrogens (tertiary/aromatic N) is 2. The van der Waals surface area contributed by atoms with Gasteiger partial charge in [-0.15, -0.1) is 0 Å². The van der Waals surface area contributed by atoms with Gasteiger partial charge in [0, 0.05) is 29.2 Å². The molecule has 0 bridgehead atoms. The first-order valence-electron chi connectivity index (χ1n) is 14.1. The third-order valence-electron chi connectivity index (χ3n) is 7.66. The summed E-state index contributed by atoms with van der Waals surface area (Å²) in [5.74, 6) is 0.0227. The number of anilines is 1. The number of methoxy groups -OCH3 is 1. The predicted octanol–water partition coefficient (Wildman–Crippen LogP) is 7.16. The molecule has 0 radical (unpaired) electrons. The molecule has 1 atom stereocenters. The molecular formula is C33H32ClN3O7. The lowest BCUT2D eigenvalue weighted by atomic mass is 9.73. The molecule has 1 aliphatic heterocycles. The van der Waals surface area contributed by atoms with E-state index in [9.17, 15) is 14.4 Å². The Morgan fingerprint density at radius 1 is 1.00 bits per heavy atom. The topological polar surface area (TPSA) is 120 Å². The van der Waals surface area contributed by atoms with Crippen LogP contribution in [-0.2, 0) is 24.4 Å². The Labute approximate surface area is 259 Å². The zero-order valence-electron chi connectivity index (χ0n) is 24.8. The first-order valence-corrected chi connectivity index (χ1v) is 14.4. The van der Waals surface area contributed by atoms with E-state index in [-0.39, 0.29) is 25.7 Å². The molecular weight excluding hydrogens is 586 g/mol. The zero-order valence-corrected chi connectivity index (χ0v) is 25.5. The van der Waals surface area contributed by atoms with E-state index < -0.39 is 23.7 Å². The average molecular weight is 618 g/mol. The number of ether oxygens (including phenoxy) is 3. The second-order valence-corrected chi connectivity index (χ2v) is 10.9. The minimum Gasteiger partial charge on any atom is -0.465 e. The SMILES string of the molecule is CCOC(=O)C1(c2ccc(-c3ccc(-c4onc(C)c4NC(=O)OC(C)c4ccccc4Cl)cc3)cc2)CN(C(=O)OC)C1. The normalized spacial score (nSPS) is 14.2. The van der Waals surface area contributed by atoms with Crippen molar-refractivity contribution in [3.8, 4) is 22.5 Å². The lowest BCUT2D eigenvalue weighted by molar-refractivity contribution is -0.156. The Balaban J connectivity index is 1.30. The second-order valence-electron chi connectivity index (χ2n) is 10.4. The van der Waals surface area contributed by atoms with Crippen LogP contribution >= 0.6 is 11.6 Å². The van der Waals surface area contributed by atoms with E-state index in [4.69, 9.17) is 30.3 Å². The highest BCUT2D eigenvalue weighted by Crippen LogP contribution is 2.38. The van der Waals surface area contributed by atoms with Crippen LogP contribution in [0.15, 0.2) is 77.3 Å². The van der Waals surface area contributed by atoms with Crippen LogP contribution in [0.1, 0.15) is 36.8 Å². The molecule has 10 nitrogen and oxygen atoms in total. The molecule has 1 unspecified atom stereocenters. The minimum atomic E-state index is -0.938. The Morgan fingerprint density at radius 3 is 2.23 bits per heavy atom. The van der Waals surface area contributed by atoms with E-state index in [0.29, 0.717) is 33.3 Å². The summed E-state index contributed by atoms with van der Waals surface area (Å²) in [4.78, 5) is 39.1. The monoisotopic (exact) mass is 617 g/mol. The Morgan fingerprint density at radius 2 is 1.61 bits per heavy atom. The predicted molar refractivity (Wildman–Crippen MR) is 164 cm³/mol. The molecule has 1 saturated heterocycles. The fourth-order valence-electron chi connectivity index (χ4n) is 5.23. The molecule has 1 aromatic heterocycles. The molecule has 228 valence electrons. The van der Waals surface area contributed by atoms with E-state index in [2.05, 4.69) is 10.5 Å². The van der Waals surface area contributed by atoms with Crippen molar-refractivity contribution in [2.24, 2.45) is 0 Å². The maximum atomic E-state index is 12.9. The summed E-state index contributed by atoms with van der Waals surface area (Å²) in [6.45, 7) is 5.84. The molecule has 5 rings (SSSR count). The van der Waals surface area contributed by atoms with Gasteiger partial charge in [-0.1, -0.05) is 83.5 Å². The molecule has 1 fully saturated rings. The summed E-state index contributed by atoms with van der Waals surface area (Å²) >= 11 is 6.24. The van der Waals surface area contributed by atoms with Gasteiger partial charge in [-0.2, -0.15) is 0 Å². The number of rotatable bonds is 8. The van der Waals surface area contributed by atoms with E-state index in [1.165, 1.54) is 12.0 Å². The van der Waals surface area contributed by atoms with Crippen molar-refractivity contribution in [1.82, 2.24) is 10.1 Å². The Kier molecular flexibility index (Phi) is 8.91. The van der Waals surface area contributed by atoms with E-state index in [1.54, 1.807) is 32.9 Å². The van der Waals surface area contributed by atoms with Crippen molar-refractivity contribution in [3.63, 3.8) is 0 Å². The Hall–Kier alpha value is -4.83. The van der Waals surface area contributed by atoms with Crippen molar-refractivity contribution in [2.45, 2.75) is 32.3 Å². The average Bonchev–Trinajstić information content (AvgIpc) is 3.36. The maximum Gasteiger partial charge on any atom is 0.412 e. The summed E-state index contributed by atoms with van der Waals surface area (Å²) in [5, 5.41) is 7.30. The van der Waals surface area contributed by atoms with Crippen molar-refractivity contribution >= 4 is 35.4 Å². The van der Waals surface area contributed by atoms with Crippen molar-refractivity contribution in [2.75, 3.05) is 32.1 Å². The van der Waals surface area contributed by atoms with Gasteiger partial charge in [0.1, 0.15) is 22.9 Å². The summed E-state index contributed by atoms with van der Waals surface area (Å²) in [7, 11) is 1.31. The van der Waals surface area contributed by atoms with Crippen LogP contribution in [0.3, 0.4) is 0 Å². The molecule has 0 spiro atoms. The summed E-state index contributed by atoms with van der Waals surface area (Å²) in [5.41, 5.74) is 3.98. The quantitative estimate of drug-likeness (QED) is 0.163. The van der Waals surface area contributed by atoms with Gasteiger partial charge in [-0.3, -0.25) is 10.1 Å². The van der Waals surface area contributed by atoms with Gasteiger partial charge in [0.25, 0.3) is 0 Å². The number of esters is 1. The fourth-order valence-corrected chi connectivity index (χ4v) is 5.52. The van der Waals surface area contributed by atoms with Gasteiger partial charge in [-0.25, -0.2) is 9.59 Å². The lowest BCUT2D eigenvalue weighted by Crippen LogP contribution is -2.65. The first-order chi connectivity index (χ1) is 21.2. The maximum absolute atomic E-state index is 12.9. The third-order valence-corrected chi connectivity index (χ3v) is 8.00. The second kappa shape index (κ2) is 12.8. The van der Waals surface area contributed by atoms with Gasteiger partial charge in [0.2, 0.25) is 0 Å². The molecule has 11 heteroatoms. The molecule has 1 N–H and O–H groups in total. The molecule has 2 amide bonds. The van der Waals surface area contributed by atoms with Crippen LogP contribution in [0.4, 0.5) is 15.3 Å². The molecule has 2 heterocycles. The highest BCUT2D eigenvalue weighted by molar-refractivity contribution is 6.31. The summed E-state index contributed by atoms with van der Waals surface area (Å²) in [6, 6.07) is 22.4. The molecule has 44 heavy (non-hydrogen) atoms. The first kappa shape index (κ1) is 30.6. The molecule has 0 saturated carbocycles. The number of benzene rings is 3. The van der Waals surface area contributed by atoms with Gasteiger partial charge < -0.3 is 23.6 Å². The van der Waals surface area contributed by atoms with Crippen LogP contribution in [-0.4, -0.2) is 55.0 Å². The number of likely N-dealkylation sites (tertiary alicyclic amines) is 1. The lowest BCUT2D eigenvalue weighted by Gasteiger charge is -2.47. The van der Waals surface area contributed by atoms with E-state index in [1.807, 2.05) is 60.7 Å². The van der Waals surface area contributed by atoms with Crippen LogP contribution in [0.5, 0.6) is 0 Å². The van der Waals surface area contributed by atoms with Crippen molar-refractivity contribution < 1.29 is 33.1 Å². The highest BCUT2D eigenvalue weighted by Gasteiger charge is 2.54. The number of hydrogen-bond donors (Lipinski definition) is 1. The van der Waals surface area contributed by atoms with Crippen molar-refractivity contribution in [3.05, 3.63) is 94.6 Å². The molecule has 4 aromatic rings. The third kappa shape index (κ3) is 5.98. The smallest absolute Gasteiger partial charge is 0.412 e. The number of aryl methyl sites for hydroxylation is 1. The number of carbonyl (C=O) groups is 3. The number of hydrogen-bond acceptors (Lipinski definition) is 8. The van der Waals surface area contributed by atoms with Crippen LogP contribution in [0, 0.1) is 6.92 Å². The number of aromatic nitrogens is 1. The highest BCUT2D eigenvalue weighted by atomic mass is 35.5. The van der Waals surface area contributed by atoms with Gasteiger partial charge >= 0.3 is 18.2 Å². The van der Waals surface area contributed by atoms with Gasteiger partial charge in [0.05, 0.1) is 13.7 Å². The number of amides is 2. The molecule has 1 aliphatic rings. The van der Waals surface area contributed by atoms with E-state index in [0.717, 1.165) is 16.7 Å². The van der Waals surface area contributed by atoms with Crippen LogP contribution in [0.25, 0.3) is 22.5 Å². The Bertz CT molecular complexity index is 1660. The largest absolute Gasteiger partial charge is 0.465 e. The fraction of sp³-hybridized carbons (Fsp3) is 0.273.